The molecule has 2 nitrogen and oxygen atoms in total. The molecule has 0 fully saturated rings. The molecule has 28 heavy (non-hydrogen) atoms. The van der Waals surface area contributed by atoms with E-state index in [-0.39, 0.29) is 5.78 Å². The Labute approximate surface area is 169 Å². The van der Waals surface area contributed by atoms with Crippen LogP contribution in [0.5, 0.6) is 0 Å². The number of aryl methyl sites for hydroxylation is 2. The average molecular weight is 374 g/mol. The van der Waals surface area contributed by atoms with Crippen LogP contribution in [0.3, 0.4) is 0 Å². The minimum absolute atomic E-state index is 0.253. The van der Waals surface area contributed by atoms with E-state index in [2.05, 4.69) is 66.5 Å². The zero-order chi connectivity index (χ0) is 19.8. The van der Waals surface area contributed by atoms with Crippen molar-refractivity contribution in [2.24, 2.45) is 0 Å². The normalized spacial score (nSPS) is 12.4. The lowest BCUT2D eigenvalue weighted by Gasteiger charge is -2.12. The molecular formula is C26H31NO. The van der Waals surface area contributed by atoms with Crippen LogP contribution in [0.15, 0.2) is 66.9 Å². The van der Waals surface area contributed by atoms with Gasteiger partial charge in [0.2, 0.25) is 0 Å². The van der Waals surface area contributed by atoms with E-state index in [1.165, 1.54) is 27.8 Å². The maximum atomic E-state index is 11.0. The molecule has 146 valence electrons. The van der Waals surface area contributed by atoms with Crippen LogP contribution in [0.25, 0.3) is 5.57 Å². The summed E-state index contributed by atoms with van der Waals surface area (Å²) in [5.74, 6) is 0.253. The summed E-state index contributed by atoms with van der Waals surface area (Å²) in [4.78, 5) is 11.0. The Bertz CT molecular complexity index is 848. The maximum Gasteiger partial charge on any atom is 0.129 e. The van der Waals surface area contributed by atoms with Crippen LogP contribution in [0.4, 0.5) is 0 Å². The maximum absolute atomic E-state index is 11.0. The number of hydrogen-bond acceptors (Lipinski definition) is 2. The highest BCUT2D eigenvalue weighted by atomic mass is 16.1. The minimum atomic E-state index is 0.253. The third kappa shape index (κ3) is 5.95. The molecule has 0 saturated heterocycles. The molecule has 2 aromatic carbocycles. The molecule has 0 radical (unpaired) electrons. The van der Waals surface area contributed by atoms with Crippen molar-refractivity contribution in [3.8, 4) is 0 Å². The van der Waals surface area contributed by atoms with Crippen LogP contribution in [0.1, 0.15) is 54.9 Å². The van der Waals surface area contributed by atoms with E-state index in [9.17, 15) is 4.79 Å². The van der Waals surface area contributed by atoms with Gasteiger partial charge in [0.1, 0.15) is 5.78 Å². The van der Waals surface area contributed by atoms with Gasteiger partial charge in [-0.15, -0.1) is 0 Å². The quantitative estimate of drug-likeness (QED) is 0.550. The molecule has 0 aliphatic heterocycles. The summed E-state index contributed by atoms with van der Waals surface area (Å²) in [5, 5.41) is 3.43. The van der Waals surface area contributed by atoms with E-state index in [1.54, 1.807) is 6.92 Å². The Hall–Kier alpha value is -2.61. The summed E-state index contributed by atoms with van der Waals surface area (Å²) in [6, 6.07) is 17.7. The zero-order valence-corrected chi connectivity index (χ0v) is 17.0. The third-order valence-electron chi connectivity index (χ3n) is 5.41. The molecule has 1 aliphatic rings. The number of ketones is 1. The largest absolute Gasteiger partial charge is 0.388 e. The van der Waals surface area contributed by atoms with Crippen molar-refractivity contribution in [3.05, 3.63) is 89.1 Å². The van der Waals surface area contributed by atoms with Crippen LogP contribution >= 0.6 is 0 Å². The molecule has 2 heteroatoms. The first kappa shape index (κ1) is 20.1. The highest BCUT2D eigenvalue weighted by molar-refractivity contribution is 5.75. The molecule has 1 N–H and O–H groups in total. The molecule has 0 unspecified atom stereocenters. The summed E-state index contributed by atoms with van der Waals surface area (Å²) in [6.45, 7) is 6.63. The van der Waals surface area contributed by atoms with Crippen LogP contribution in [-0.4, -0.2) is 12.3 Å². The number of hydrogen-bond donors (Lipinski definition) is 1. The van der Waals surface area contributed by atoms with Gasteiger partial charge < -0.3 is 10.1 Å². The van der Waals surface area contributed by atoms with Gasteiger partial charge in [0.15, 0.2) is 0 Å². The molecule has 3 rings (SSSR count). The lowest BCUT2D eigenvalue weighted by Crippen LogP contribution is -2.14. The molecule has 2 aromatic rings. The fourth-order valence-corrected chi connectivity index (χ4v) is 3.78. The topological polar surface area (TPSA) is 29.1 Å². The van der Waals surface area contributed by atoms with Gasteiger partial charge in [-0.25, -0.2) is 0 Å². The standard InChI is InChI=1S/C26H31NO/c1-20(7-6-8-21(2)28)27-18-17-25-16-15-24-14-13-23(19-26(24)25)12-11-22-9-4-3-5-10-22/h3-5,9-10,13-14,16,19,27H,1,6-8,11-12,15,17-18H2,2H3. The fraction of sp³-hybridized carbons (Fsp3) is 0.346. The van der Waals surface area contributed by atoms with Crippen molar-refractivity contribution in [3.63, 3.8) is 0 Å². The van der Waals surface area contributed by atoms with E-state index in [4.69, 9.17) is 0 Å². The number of carbonyl (C=O) groups is 1. The Morgan fingerprint density at radius 1 is 1.00 bits per heavy atom. The summed E-state index contributed by atoms with van der Waals surface area (Å²) in [6.07, 6.45) is 8.99. The van der Waals surface area contributed by atoms with Crippen molar-refractivity contribution in [2.75, 3.05) is 6.54 Å². The number of benzene rings is 2. The van der Waals surface area contributed by atoms with E-state index < -0.39 is 0 Å². The molecule has 0 bridgehead atoms. The van der Waals surface area contributed by atoms with Crippen molar-refractivity contribution in [1.29, 1.82) is 0 Å². The molecule has 0 atom stereocenters. The minimum Gasteiger partial charge on any atom is -0.388 e. The van der Waals surface area contributed by atoms with Gasteiger partial charge in [0.25, 0.3) is 0 Å². The second-order valence-corrected chi connectivity index (χ2v) is 7.75. The van der Waals surface area contributed by atoms with E-state index in [0.717, 1.165) is 50.8 Å². The lowest BCUT2D eigenvalue weighted by atomic mass is 9.97. The molecule has 0 amide bonds. The van der Waals surface area contributed by atoms with E-state index >= 15 is 0 Å². The second-order valence-electron chi connectivity index (χ2n) is 7.75. The first-order valence-corrected chi connectivity index (χ1v) is 10.4. The van der Waals surface area contributed by atoms with Gasteiger partial charge in [-0.05, 0) is 73.3 Å². The number of allylic oxidation sites excluding steroid dienone is 2. The molecule has 0 heterocycles. The monoisotopic (exact) mass is 373 g/mol. The summed E-state index contributed by atoms with van der Waals surface area (Å²) >= 11 is 0. The summed E-state index contributed by atoms with van der Waals surface area (Å²) in [5.41, 5.74) is 8.16. The predicted octanol–water partition coefficient (Wildman–Crippen LogP) is 5.66. The summed E-state index contributed by atoms with van der Waals surface area (Å²) in [7, 11) is 0. The number of nitrogens with one attached hydrogen (secondary N) is 1. The molecular weight excluding hydrogens is 342 g/mol. The summed E-state index contributed by atoms with van der Waals surface area (Å²) < 4.78 is 0. The third-order valence-corrected chi connectivity index (χ3v) is 5.41. The van der Waals surface area contributed by atoms with Gasteiger partial charge in [-0.2, -0.15) is 0 Å². The number of rotatable bonds is 11. The van der Waals surface area contributed by atoms with E-state index in [0.29, 0.717) is 6.42 Å². The van der Waals surface area contributed by atoms with Gasteiger partial charge in [-0.3, -0.25) is 0 Å². The number of fused-ring (bicyclic) bond motifs is 1. The highest BCUT2D eigenvalue weighted by Gasteiger charge is 2.14. The molecule has 1 aliphatic carbocycles. The Morgan fingerprint density at radius 2 is 1.79 bits per heavy atom. The average Bonchev–Trinajstić information content (AvgIpc) is 3.09. The van der Waals surface area contributed by atoms with E-state index in [1.807, 2.05) is 0 Å². The molecule has 0 saturated carbocycles. The Balaban J connectivity index is 1.48. The Morgan fingerprint density at radius 3 is 2.57 bits per heavy atom. The van der Waals surface area contributed by atoms with Crippen LogP contribution in [-0.2, 0) is 24.1 Å². The van der Waals surface area contributed by atoms with Crippen LogP contribution in [0.2, 0.25) is 0 Å². The van der Waals surface area contributed by atoms with Gasteiger partial charge in [0, 0.05) is 18.7 Å². The first-order chi connectivity index (χ1) is 13.6. The highest BCUT2D eigenvalue weighted by Crippen LogP contribution is 2.30. The lowest BCUT2D eigenvalue weighted by molar-refractivity contribution is -0.117. The molecule has 0 aromatic heterocycles. The predicted molar refractivity (Wildman–Crippen MR) is 118 cm³/mol. The van der Waals surface area contributed by atoms with Crippen LogP contribution in [0, 0.1) is 0 Å². The van der Waals surface area contributed by atoms with Crippen LogP contribution < -0.4 is 5.32 Å². The van der Waals surface area contributed by atoms with Gasteiger partial charge >= 0.3 is 0 Å². The number of carbonyl (C=O) groups excluding carboxylic acids is 1. The van der Waals surface area contributed by atoms with Crippen molar-refractivity contribution in [2.45, 2.75) is 51.9 Å². The number of Topliss-reactive ketones (excluding diaryl/α,β-unsaturated/α-hetero) is 1. The smallest absolute Gasteiger partial charge is 0.129 e. The zero-order valence-electron chi connectivity index (χ0n) is 17.0. The molecule has 0 spiro atoms. The van der Waals surface area contributed by atoms with Crippen molar-refractivity contribution in [1.82, 2.24) is 5.32 Å². The van der Waals surface area contributed by atoms with Gasteiger partial charge in [0.05, 0.1) is 0 Å². The van der Waals surface area contributed by atoms with Crippen molar-refractivity contribution < 1.29 is 4.79 Å². The van der Waals surface area contributed by atoms with Gasteiger partial charge in [-0.1, -0.05) is 61.2 Å². The SMILES string of the molecule is C=C(CCCC(C)=O)NCCC1=CCc2ccc(CCc3ccccc3)cc21. The first-order valence-electron chi connectivity index (χ1n) is 10.4. The fourth-order valence-electron chi connectivity index (χ4n) is 3.78. The van der Waals surface area contributed by atoms with Crippen molar-refractivity contribution >= 4 is 11.4 Å². The Kier molecular flexibility index (Phi) is 7.25. The second kappa shape index (κ2) is 10.1.